The number of nitrogens with one attached hydrogen (secondary N) is 1. The van der Waals surface area contributed by atoms with Crippen molar-refractivity contribution in [2.75, 3.05) is 39.3 Å². The Bertz CT molecular complexity index is 704. The summed E-state index contributed by atoms with van der Waals surface area (Å²) in [5.74, 6) is 0.621. The molecule has 1 aromatic rings. The molecule has 0 aliphatic carbocycles. The number of ether oxygens (including phenoxy) is 1. The molecule has 3 fully saturated rings. The third kappa shape index (κ3) is 6.30. The van der Waals surface area contributed by atoms with Crippen LogP contribution in [0.4, 0.5) is 0 Å². The summed E-state index contributed by atoms with van der Waals surface area (Å²) in [6, 6.07) is 10.8. The topological polar surface area (TPSA) is 61.9 Å². The fourth-order valence-corrected chi connectivity index (χ4v) is 5.23. The van der Waals surface area contributed by atoms with Crippen LogP contribution in [-0.4, -0.2) is 73.1 Å². The standard InChI is InChI=1S/C25H37N3O3/c29-24(9-8-20-5-2-1-3-6-20)28-16-12-22(13-17-28)27-14-10-21(11-15-27)25(30)26-19-23-7-4-18-31-23/h1-3,5-6,21-23H,4,7-19H2,(H,26,30)/t23-/m1/s1. The zero-order valence-electron chi connectivity index (χ0n) is 18.6. The van der Waals surface area contributed by atoms with E-state index in [1.54, 1.807) is 0 Å². The van der Waals surface area contributed by atoms with E-state index >= 15 is 0 Å². The number of nitrogens with zero attached hydrogens (tertiary/aromatic N) is 2. The van der Waals surface area contributed by atoms with Gasteiger partial charge in [-0.2, -0.15) is 0 Å². The maximum absolute atomic E-state index is 12.6. The Morgan fingerprint density at radius 2 is 1.71 bits per heavy atom. The van der Waals surface area contributed by atoms with Gasteiger partial charge in [0.2, 0.25) is 11.8 Å². The third-order valence-corrected chi connectivity index (χ3v) is 7.23. The Balaban J connectivity index is 1.13. The molecule has 170 valence electrons. The lowest BCUT2D eigenvalue weighted by Crippen LogP contribution is -2.50. The lowest BCUT2D eigenvalue weighted by Gasteiger charge is -2.41. The van der Waals surface area contributed by atoms with Crippen LogP contribution in [0.25, 0.3) is 0 Å². The largest absolute Gasteiger partial charge is 0.376 e. The van der Waals surface area contributed by atoms with Gasteiger partial charge in [0, 0.05) is 44.6 Å². The molecular formula is C25H37N3O3. The van der Waals surface area contributed by atoms with E-state index < -0.39 is 0 Å². The molecule has 6 nitrogen and oxygen atoms in total. The zero-order valence-corrected chi connectivity index (χ0v) is 18.6. The molecule has 0 spiro atoms. The van der Waals surface area contributed by atoms with E-state index in [9.17, 15) is 9.59 Å². The van der Waals surface area contributed by atoms with E-state index in [2.05, 4.69) is 22.3 Å². The predicted molar refractivity (Wildman–Crippen MR) is 121 cm³/mol. The Hall–Kier alpha value is -1.92. The van der Waals surface area contributed by atoms with Crippen molar-refractivity contribution in [1.29, 1.82) is 0 Å². The van der Waals surface area contributed by atoms with Gasteiger partial charge in [0.1, 0.15) is 0 Å². The lowest BCUT2D eigenvalue weighted by molar-refractivity contribution is -0.133. The Labute approximate surface area is 186 Å². The number of likely N-dealkylation sites (tertiary alicyclic amines) is 2. The van der Waals surface area contributed by atoms with Crippen molar-refractivity contribution in [3.63, 3.8) is 0 Å². The van der Waals surface area contributed by atoms with Crippen LogP contribution in [0.1, 0.15) is 50.5 Å². The van der Waals surface area contributed by atoms with Crippen LogP contribution >= 0.6 is 0 Å². The van der Waals surface area contributed by atoms with Gasteiger partial charge in [0.25, 0.3) is 0 Å². The highest BCUT2D eigenvalue weighted by atomic mass is 16.5. The number of amides is 2. The maximum Gasteiger partial charge on any atom is 0.223 e. The summed E-state index contributed by atoms with van der Waals surface area (Å²) in [6.45, 7) is 5.20. The van der Waals surface area contributed by atoms with E-state index in [1.807, 2.05) is 23.1 Å². The van der Waals surface area contributed by atoms with Gasteiger partial charge in [-0.15, -0.1) is 0 Å². The minimum absolute atomic E-state index is 0.136. The van der Waals surface area contributed by atoms with Crippen molar-refractivity contribution >= 4 is 11.8 Å². The summed E-state index contributed by atoms with van der Waals surface area (Å²) in [4.78, 5) is 29.7. The molecule has 3 heterocycles. The number of benzene rings is 1. The van der Waals surface area contributed by atoms with Gasteiger partial charge < -0.3 is 19.9 Å². The molecule has 0 saturated carbocycles. The molecule has 1 atom stereocenters. The molecule has 3 saturated heterocycles. The first kappa shape index (κ1) is 22.3. The fraction of sp³-hybridized carbons (Fsp3) is 0.680. The first-order valence-electron chi connectivity index (χ1n) is 12.1. The molecule has 1 aromatic carbocycles. The second-order valence-electron chi connectivity index (χ2n) is 9.29. The van der Waals surface area contributed by atoms with E-state index in [-0.39, 0.29) is 23.8 Å². The number of carbonyl (C=O) groups is 2. The van der Waals surface area contributed by atoms with Crippen molar-refractivity contribution in [2.24, 2.45) is 5.92 Å². The first-order chi connectivity index (χ1) is 15.2. The minimum Gasteiger partial charge on any atom is -0.376 e. The average molecular weight is 428 g/mol. The van der Waals surface area contributed by atoms with Crippen LogP contribution in [0.5, 0.6) is 0 Å². The number of hydrogen-bond acceptors (Lipinski definition) is 4. The van der Waals surface area contributed by atoms with Crippen molar-refractivity contribution in [1.82, 2.24) is 15.1 Å². The van der Waals surface area contributed by atoms with Gasteiger partial charge in [-0.25, -0.2) is 0 Å². The second kappa shape index (κ2) is 11.1. The Kier molecular flexibility index (Phi) is 7.97. The third-order valence-electron chi connectivity index (χ3n) is 7.23. The van der Waals surface area contributed by atoms with Gasteiger partial charge in [0.15, 0.2) is 0 Å². The number of hydrogen-bond donors (Lipinski definition) is 1. The fourth-order valence-electron chi connectivity index (χ4n) is 5.23. The number of aryl methyl sites for hydroxylation is 1. The summed E-state index contributed by atoms with van der Waals surface area (Å²) < 4.78 is 5.60. The number of piperidine rings is 2. The maximum atomic E-state index is 12.6. The van der Waals surface area contributed by atoms with Crippen LogP contribution < -0.4 is 5.32 Å². The highest BCUT2D eigenvalue weighted by Gasteiger charge is 2.31. The Morgan fingerprint density at radius 3 is 2.39 bits per heavy atom. The summed E-state index contributed by atoms with van der Waals surface area (Å²) in [5.41, 5.74) is 1.23. The summed E-state index contributed by atoms with van der Waals surface area (Å²) >= 11 is 0. The second-order valence-corrected chi connectivity index (χ2v) is 9.29. The molecule has 31 heavy (non-hydrogen) atoms. The van der Waals surface area contributed by atoms with Crippen molar-refractivity contribution in [2.45, 2.75) is 63.5 Å². The zero-order chi connectivity index (χ0) is 21.5. The normalized spacial score (nSPS) is 23.7. The Morgan fingerprint density at radius 1 is 0.968 bits per heavy atom. The van der Waals surface area contributed by atoms with Crippen molar-refractivity contribution in [3.8, 4) is 0 Å². The SMILES string of the molecule is O=C(NC[C@H]1CCCO1)C1CCN(C2CCN(C(=O)CCc3ccccc3)CC2)CC1. The lowest BCUT2D eigenvalue weighted by atomic mass is 9.92. The van der Waals surface area contributed by atoms with Gasteiger partial charge in [-0.05, 0) is 63.6 Å². The molecule has 6 heteroatoms. The number of rotatable bonds is 7. The molecule has 0 unspecified atom stereocenters. The smallest absolute Gasteiger partial charge is 0.223 e. The van der Waals surface area contributed by atoms with Crippen LogP contribution in [0.15, 0.2) is 30.3 Å². The van der Waals surface area contributed by atoms with E-state index in [0.29, 0.717) is 19.0 Å². The van der Waals surface area contributed by atoms with Gasteiger partial charge >= 0.3 is 0 Å². The molecule has 1 N–H and O–H groups in total. The highest BCUT2D eigenvalue weighted by Crippen LogP contribution is 2.24. The molecule has 0 radical (unpaired) electrons. The van der Waals surface area contributed by atoms with Gasteiger partial charge in [-0.3, -0.25) is 9.59 Å². The highest BCUT2D eigenvalue weighted by molar-refractivity contribution is 5.78. The van der Waals surface area contributed by atoms with Gasteiger partial charge in [-0.1, -0.05) is 30.3 Å². The van der Waals surface area contributed by atoms with Crippen LogP contribution in [0.3, 0.4) is 0 Å². The predicted octanol–water partition coefficient (Wildman–Crippen LogP) is 2.62. The monoisotopic (exact) mass is 427 g/mol. The van der Waals surface area contributed by atoms with Crippen molar-refractivity contribution < 1.29 is 14.3 Å². The molecule has 3 aliphatic rings. The quantitative estimate of drug-likeness (QED) is 0.727. The molecule has 0 aromatic heterocycles. The molecule has 3 aliphatic heterocycles. The molecular weight excluding hydrogens is 390 g/mol. The van der Waals surface area contributed by atoms with Crippen LogP contribution in [0, 0.1) is 5.92 Å². The van der Waals surface area contributed by atoms with Crippen LogP contribution in [0.2, 0.25) is 0 Å². The van der Waals surface area contributed by atoms with Crippen molar-refractivity contribution in [3.05, 3.63) is 35.9 Å². The van der Waals surface area contributed by atoms with Crippen LogP contribution in [-0.2, 0) is 20.7 Å². The molecule has 0 bridgehead atoms. The molecule has 2 amide bonds. The first-order valence-corrected chi connectivity index (χ1v) is 12.1. The van der Waals surface area contributed by atoms with E-state index in [1.165, 1.54) is 5.56 Å². The summed E-state index contributed by atoms with van der Waals surface area (Å²) in [6.07, 6.45) is 7.77. The summed E-state index contributed by atoms with van der Waals surface area (Å²) in [5, 5.41) is 3.10. The van der Waals surface area contributed by atoms with E-state index in [4.69, 9.17) is 4.74 Å². The minimum atomic E-state index is 0.136. The molecule has 4 rings (SSSR count). The average Bonchev–Trinajstić information content (AvgIpc) is 3.36. The summed E-state index contributed by atoms with van der Waals surface area (Å²) in [7, 11) is 0. The van der Waals surface area contributed by atoms with Gasteiger partial charge in [0.05, 0.1) is 6.10 Å². The number of carbonyl (C=O) groups excluding carboxylic acids is 2. The van der Waals surface area contributed by atoms with E-state index in [0.717, 1.165) is 77.7 Å².